The third-order valence-electron chi connectivity index (χ3n) is 3.61. The Morgan fingerprint density at radius 2 is 2.40 bits per heavy atom. The van der Waals surface area contributed by atoms with E-state index in [0.29, 0.717) is 11.0 Å². The number of hydrogen-bond acceptors (Lipinski definition) is 5. The minimum Gasteiger partial charge on any atom is -0.377 e. The summed E-state index contributed by atoms with van der Waals surface area (Å²) >= 11 is 1.49. The van der Waals surface area contributed by atoms with E-state index >= 15 is 0 Å². The van der Waals surface area contributed by atoms with Crippen LogP contribution in [0.4, 0.5) is 0 Å². The zero-order valence-electron chi connectivity index (χ0n) is 12.1. The smallest absolute Gasteiger partial charge is 0.275 e. The molecule has 112 valence electrons. The largest absolute Gasteiger partial charge is 0.377 e. The highest BCUT2D eigenvalue weighted by Gasteiger charge is 2.17. The molecule has 0 saturated carbocycles. The van der Waals surface area contributed by atoms with Gasteiger partial charge in [-0.15, -0.1) is 11.3 Å². The van der Waals surface area contributed by atoms with E-state index in [1.165, 1.54) is 34.6 Å². The van der Waals surface area contributed by atoms with Crippen molar-refractivity contribution in [3.63, 3.8) is 0 Å². The molecule has 2 heterocycles. The Morgan fingerprint density at radius 3 is 3.05 bits per heavy atom. The number of rotatable bonds is 5. The second-order valence-electron chi connectivity index (χ2n) is 5.35. The molecule has 0 spiro atoms. The molecule has 1 atom stereocenters. The van der Waals surface area contributed by atoms with Crippen molar-refractivity contribution in [3.8, 4) is 0 Å². The van der Waals surface area contributed by atoms with Gasteiger partial charge >= 0.3 is 0 Å². The van der Waals surface area contributed by atoms with Gasteiger partial charge in [-0.2, -0.15) is 0 Å². The Bertz CT molecular complexity index is 455. The average molecular weight is 297 g/mol. The normalized spacial score (nSPS) is 19.3. The lowest BCUT2D eigenvalue weighted by atomic mass is 10.1. The minimum absolute atomic E-state index is 0.220. The number of amides is 1. The lowest BCUT2D eigenvalue weighted by Gasteiger charge is -2.27. The maximum absolute atomic E-state index is 11.5. The van der Waals surface area contributed by atoms with E-state index in [4.69, 9.17) is 10.6 Å². The molecule has 0 aliphatic carbocycles. The predicted octanol–water partition coefficient (Wildman–Crippen LogP) is 1.66. The lowest BCUT2D eigenvalue weighted by molar-refractivity contribution is -0.00260. The number of nitrogen functional groups attached to an aromatic ring is 1. The van der Waals surface area contributed by atoms with Gasteiger partial charge in [-0.1, -0.05) is 0 Å². The number of nitrogens with zero attached hydrogens (tertiary/aromatic N) is 1. The fourth-order valence-corrected chi connectivity index (χ4v) is 3.45. The van der Waals surface area contributed by atoms with Gasteiger partial charge in [0.05, 0.1) is 11.0 Å². The molecule has 20 heavy (non-hydrogen) atoms. The van der Waals surface area contributed by atoms with Crippen molar-refractivity contribution in [2.24, 2.45) is 5.84 Å². The Kier molecular flexibility index (Phi) is 5.54. The number of hydrogen-bond donors (Lipinski definition) is 2. The highest BCUT2D eigenvalue weighted by atomic mass is 32.1. The highest BCUT2D eigenvalue weighted by Crippen LogP contribution is 2.23. The van der Waals surface area contributed by atoms with Gasteiger partial charge in [0.25, 0.3) is 5.91 Å². The summed E-state index contributed by atoms with van der Waals surface area (Å²) in [4.78, 5) is 15.6. The molecule has 1 aromatic rings. The van der Waals surface area contributed by atoms with Crippen LogP contribution in [0.2, 0.25) is 0 Å². The third kappa shape index (κ3) is 4.02. The first-order chi connectivity index (χ1) is 9.60. The van der Waals surface area contributed by atoms with Crippen molar-refractivity contribution in [1.82, 2.24) is 10.3 Å². The molecule has 0 aromatic carbocycles. The third-order valence-corrected chi connectivity index (χ3v) is 4.70. The van der Waals surface area contributed by atoms with E-state index in [9.17, 15) is 4.79 Å². The molecule has 5 nitrogen and oxygen atoms in total. The van der Waals surface area contributed by atoms with Crippen LogP contribution in [0.25, 0.3) is 0 Å². The molecule has 0 bridgehead atoms. The maximum Gasteiger partial charge on any atom is 0.275 e. The Morgan fingerprint density at radius 1 is 1.60 bits per heavy atom. The number of aryl methyl sites for hydroxylation is 1. The fourth-order valence-electron chi connectivity index (χ4n) is 2.51. The molecule has 1 saturated heterocycles. The van der Waals surface area contributed by atoms with E-state index in [1.54, 1.807) is 0 Å². The van der Waals surface area contributed by atoms with Crippen LogP contribution in [0.3, 0.4) is 0 Å². The van der Waals surface area contributed by atoms with Crippen molar-refractivity contribution in [2.75, 3.05) is 20.2 Å². The average Bonchev–Trinajstić information content (AvgIpc) is 2.80. The van der Waals surface area contributed by atoms with Gasteiger partial charge in [0, 0.05) is 24.6 Å². The highest BCUT2D eigenvalue weighted by molar-refractivity contribution is 7.14. The fraction of sp³-hybridized carbons (Fsp3) is 0.643. The molecule has 3 N–H and O–H groups in total. The first-order valence-electron chi connectivity index (χ1n) is 7.00. The first-order valence-corrected chi connectivity index (χ1v) is 7.82. The van der Waals surface area contributed by atoms with Gasteiger partial charge < -0.3 is 4.74 Å². The van der Waals surface area contributed by atoms with Gasteiger partial charge in [-0.25, -0.2) is 5.84 Å². The van der Waals surface area contributed by atoms with Gasteiger partial charge in [0.15, 0.2) is 0 Å². The Labute approximate surface area is 124 Å². The van der Waals surface area contributed by atoms with Crippen LogP contribution in [0.15, 0.2) is 6.07 Å². The van der Waals surface area contributed by atoms with Gasteiger partial charge in [-0.05, 0) is 44.9 Å². The number of carbonyl (C=O) groups excluding carboxylic acids is 1. The van der Waals surface area contributed by atoms with E-state index in [1.807, 2.05) is 13.0 Å². The van der Waals surface area contributed by atoms with Crippen molar-refractivity contribution in [2.45, 2.75) is 38.8 Å². The SMILES string of the molecule is Cc1sc(C(=O)NN)cc1CN(C)CC1CCCCO1. The molecular weight excluding hydrogens is 274 g/mol. The summed E-state index contributed by atoms with van der Waals surface area (Å²) < 4.78 is 5.76. The van der Waals surface area contributed by atoms with Crippen molar-refractivity contribution >= 4 is 17.2 Å². The summed E-state index contributed by atoms with van der Waals surface area (Å²) in [5.41, 5.74) is 3.37. The van der Waals surface area contributed by atoms with Gasteiger partial charge in [-0.3, -0.25) is 15.1 Å². The number of ether oxygens (including phenoxy) is 1. The predicted molar refractivity (Wildman–Crippen MR) is 80.6 cm³/mol. The van der Waals surface area contributed by atoms with Crippen LogP contribution < -0.4 is 11.3 Å². The van der Waals surface area contributed by atoms with E-state index in [2.05, 4.69) is 17.4 Å². The number of carbonyl (C=O) groups is 1. The summed E-state index contributed by atoms with van der Waals surface area (Å²) in [5.74, 6) is 4.95. The molecule has 1 aromatic heterocycles. The molecule has 1 aliphatic heterocycles. The number of nitrogens with one attached hydrogen (secondary N) is 1. The second-order valence-corrected chi connectivity index (χ2v) is 6.61. The molecule has 1 unspecified atom stereocenters. The topological polar surface area (TPSA) is 67.6 Å². The summed E-state index contributed by atoms with van der Waals surface area (Å²) in [6.07, 6.45) is 3.94. The van der Waals surface area contributed by atoms with Gasteiger partial charge in [0.1, 0.15) is 0 Å². The first kappa shape index (κ1) is 15.4. The van der Waals surface area contributed by atoms with E-state index < -0.39 is 0 Å². The molecule has 0 radical (unpaired) electrons. The Hall–Kier alpha value is -0.950. The number of nitrogens with two attached hydrogens (primary N) is 1. The molecule has 6 heteroatoms. The molecule has 1 aliphatic rings. The van der Waals surface area contributed by atoms with Crippen LogP contribution in [-0.4, -0.2) is 37.1 Å². The maximum atomic E-state index is 11.5. The van der Waals surface area contributed by atoms with Crippen LogP contribution in [0.1, 0.15) is 39.4 Å². The number of thiophene rings is 1. The lowest BCUT2D eigenvalue weighted by Crippen LogP contribution is -2.33. The summed E-state index contributed by atoms with van der Waals surface area (Å²) in [6, 6.07) is 1.93. The second kappa shape index (κ2) is 7.17. The number of likely N-dealkylation sites (N-methyl/N-ethyl adjacent to an activating group) is 1. The van der Waals surface area contributed by atoms with Crippen molar-refractivity contribution < 1.29 is 9.53 Å². The van der Waals surface area contributed by atoms with Crippen molar-refractivity contribution in [1.29, 1.82) is 0 Å². The molecule has 1 amide bonds. The zero-order chi connectivity index (χ0) is 14.5. The van der Waals surface area contributed by atoms with Crippen molar-refractivity contribution in [3.05, 3.63) is 21.4 Å². The zero-order valence-corrected chi connectivity index (χ0v) is 13.0. The van der Waals surface area contributed by atoms with Crippen LogP contribution >= 0.6 is 11.3 Å². The summed E-state index contributed by atoms with van der Waals surface area (Å²) in [6.45, 7) is 4.70. The monoisotopic (exact) mass is 297 g/mol. The minimum atomic E-state index is -0.220. The summed E-state index contributed by atoms with van der Waals surface area (Å²) in [7, 11) is 2.09. The molecular formula is C14H23N3O2S. The quantitative estimate of drug-likeness (QED) is 0.493. The Balaban J connectivity index is 1.91. The van der Waals surface area contributed by atoms with Gasteiger partial charge in [0.2, 0.25) is 0 Å². The summed E-state index contributed by atoms with van der Waals surface area (Å²) in [5, 5.41) is 0. The van der Waals surface area contributed by atoms with E-state index in [-0.39, 0.29) is 5.91 Å². The van der Waals surface area contributed by atoms with Crippen LogP contribution in [-0.2, 0) is 11.3 Å². The molecule has 2 rings (SSSR count). The number of hydrazine groups is 1. The standard InChI is InChI=1S/C14H23N3O2S/c1-10-11(7-13(20-10)14(18)16-15)8-17(2)9-12-5-3-4-6-19-12/h7,12H,3-6,8-9,15H2,1-2H3,(H,16,18). The van der Waals surface area contributed by atoms with Crippen LogP contribution in [0, 0.1) is 6.92 Å². The van der Waals surface area contributed by atoms with Crippen LogP contribution in [0.5, 0.6) is 0 Å². The molecule has 1 fully saturated rings. The van der Waals surface area contributed by atoms with E-state index in [0.717, 1.165) is 26.1 Å².